The van der Waals surface area contributed by atoms with E-state index in [0.29, 0.717) is 5.92 Å². The smallest absolute Gasteiger partial charge is 0.229 e. The molecule has 3 N–H and O–H groups in total. The summed E-state index contributed by atoms with van der Waals surface area (Å²) in [5.74, 6) is 0.548. The number of rotatable bonds is 2. The normalized spacial score (nSPS) is 24.7. The quantitative estimate of drug-likeness (QED) is 0.694. The highest BCUT2D eigenvalue weighted by Gasteiger charge is 2.30. The number of carbonyl (C=O) groups excluding carboxylic acids is 1. The van der Waals surface area contributed by atoms with Crippen LogP contribution in [0.15, 0.2) is 0 Å². The number of carbonyl (C=O) groups is 1. The SMILES string of the molecule is Cc1n[nH]c(C)c1NC(=O)C1CNCC1C. The monoisotopic (exact) mass is 222 g/mol. The number of amides is 1. The molecule has 88 valence electrons. The molecule has 16 heavy (non-hydrogen) atoms. The molecule has 0 spiro atoms. The minimum Gasteiger partial charge on any atom is -0.323 e. The maximum atomic E-state index is 12.0. The average molecular weight is 222 g/mol. The van der Waals surface area contributed by atoms with Crippen molar-refractivity contribution in [3.8, 4) is 0 Å². The van der Waals surface area contributed by atoms with Gasteiger partial charge in [0.15, 0.2) is 0 Å². The Bertz CT molecular complexity index is 379. The summed E-state index contributed by atoms with van der Waals surface area (Å²) in [7, 11) is 0. The molecule has 1 aromatic heterocycles. The Kier molecular flexibility index (Phi) is 2.96. The van der Waals surface area contributed by atoms with E-state index in [2.05, 4.69) is 27.8 Å². The van der Waals surface area contributed by atoms with Crippen LogP contribution >= 0.6 is 0 Å². The van der Waals surface area contributed by atoms with E-state index in [-0.39, 0.29) is 11.8 Å². The lowest BCUT2D eigenvalue weighted by Crippen LogP contribution is -2.28. The number of aryl methyl sites for hydroxylation is 2. The van der Waals surface area contributed by atoms with Crippen molar-refractivity contribution in [2.75, 3.05) is 18.4 Å². The third kappa shape index (κ3) is 1.95. The fraction of sp³-hybridized carbons (Fsp3) is 0.636. The van der Waals surface area contributed by atoms with E-state index < -0.39 is 0 Å². The van der Waals surface area contributed by atoms with Crippen molar-refractivity contribution in [3.63, 3.8) is 0 Å². The molecule has 0 radical (unpaired) electrons. The van der Waals surface area contributed by atoms with Gasteiger partial charge in [-0.25, -0.2) is 0 Å². The maximum Gasteiger partial charge on any atom is 0.229 e. The second kappa shape index (κ2) is 4.25. The number of hydrogen-bond acceptors (Lipinski definition) is 3. The summed E-state index contributed by atoms with van der Waals surface area (Å²) in [6, 6.07) is 0. The van der Waals surface area contributed by atoms with Gasteiger partial charge in [0.05, 0.1) is 23.0 Å². The molecule has 5 heteroatoms. The van der Waals surface area contributed by atoms with E-state index in [9.17, 15) is 4.79 Å². The standard InChI is InChI=1S/C11H18N4O/c1-6-4-12-5-9(6)11(16)13-10-7(2)14-15-8(10)3/h6,9,12H,4-5H2,1-3H3,(H,13,16)(H,14,15). The minimum absolute atomic E-state index is 0.0636. The van der Waals surface area contributed by atoms with E-state index in [4.69, 9.17) is 0 Å². The van der Waals surface area contributed by atoms with Crippen molar-refractivity contribution >= 4 is 11.6 Å². The van der Waals surface area contributed by atoms with Crippen molar-refractivity contribution < 1.29 is 4.79 Å². The van der Waals surface area contributed by atoms with Gasteiger partial charge in [-0.1, -0.05) is 6.92 Å². The predicted molar refractivity (Wildman–Crippen MR) is 62.2 cm³/mol. The lowest BCUT2D eigenvalue weighted by atomic mass is 9.97. The summed E-state index contributed by atoms with van der Waals surface area (Å²) in [6.45, 7) is 7.57. The summed E-state index contributed by atoms with van der Waals surface area (Å²) < 4.78 is 0. The molecule has 2 heterocycles. The van der Waals surface area contributed by atoms with Crippen molar-refractivity contribution in [1.82, 2.24) is 15.5 Å². The Morgan fingerprint density at radius 1 is 1.44 bits per heavy atom. The summed E-state index contributed by atoms with van der Waals surface area (Å²) >= 11 is 0. The van der Waals surface area contributed by atoms with Gasteiger partial charge in [0, 0.05) is 6.54 Å². The number of nitrogens with one attached hydrogen (secondary N) is 3. The van der Waals surface area contributed by atoms with Crippen molar-refractivity contribution in [2.45, 2.75) is 20.8 Å². The minimum atomic E-state index is 0.0636. The van der Waals surface area contributed by atoms with Crippen LogP contribution in [0.5, 0.6) is 0 Å². The third-order valence-corrected chi connectivity index (χ3v) is 3.23. The number of nitrogens with zero attached hydrogens (tertiary/aromatic N) is 1. The molecule has 5 nitrogen and oxygen atoms in total. The molecule has 2 unspecified atom stereocenters. The van der Waals surface area contributed by atoms with E-state index in [1.165, 1.54) is 0 Å². The Morgan fingerprint density at radius 3 is 2.69 bits per heavy atom. The van der Waals surface area contributed by atoms with Gasteiger partial charge >= 0.3 is 0 Å². The van der Waals surface area contributed by atoms with Gasteiger partial charge in [-0.15, -0.1) is 0 Å². The van der Waals surface area contributed by atoms with Crippen molar-refractivity contribution in [3.05, 3.63) is 11.4 Å². The molecule has 2 atom stereocenters. The molecule has 0 saturated carbocycles. The average Bonchev–Trinajstić information content (AvgIpc) is 2.79. The zero-order valence-electron chi connectivity index (χ0n) is 9.92. The van der Waals surface area contributed by atoms with Crippen LogP contribution in [-0.2, 0) is 4.79 Å². The summed E-state index contributed by atoms with van der Waals surface area (Å²) in [6.07, 6.45) is 0. The van der Waals surface area contributed by atoms with Gasteiger partial charge in [0.1, 0.15) is 0 Å². The molecule has 1 amide bonds. The van der Waals surface area contributed by atoms with Gasteiger partial charge < -0.3 is 10.6 Å². The van der Waals surface area contributed by atoms with Gasteiger partial charge in [-0.05, 0) is 26.3 Å². The molecule has 1 fully saturated rings. The summed E-state index contributed by atoms with van der Waals surface area (Å²) in [5, 5.41) is 13.1. The lowest BCUT2D eigenvalue weighted by molar-refractivity contribution is -0.120. The second-order valence-corrected chi connectivity index (χ2v) is 4.54. The van der Waals surface area contributed by atoms with E-state index >= 15 is 0 Å². The van der Waals surface area contributed by atoms with Crippen LogP contribution in [0.1, 0.15) is 18.3 Å². The van der Waals surface area contributed by atoms with Crippen molar-refractivity contribution in [2.24, 2.45) is 11.8 Å². The van der Waals surface area contributed by atoms with Crippen LogP contribution in [-0.4, -0.2) is 29.2 Å². The number of anilines is 1. The number of H-pyrrole nitrogens is 1. The Morgan fingerprint density at radius 2 is 2.19 bits per heavy atom. The van der Waals surface area contributed by atoms with Crippen LogP contribution < -0.4 is 10.6 Å². The predicted octanol–water partition coefficient (Wildman–Crippen LogP) is 0.821. The fourth-order valence-corrected chi connectivity index (χ4v) is 2.11. The lowest BCUT2D eigenvalue weighted by Gasteiger charge is -2.14. The molecule has 1 saturated heterocycles. The van der Waals surface area contributed by atoms with Crippen LogP contribution in [0.3, 0.4) is 0 Å². The largest absolute Gasteiger partial charge is 0.323 e. The highest BCUT2D eigenvalue weighted by atomic mass is 16.2. The van der Waals surface area contributed by atoms with Gasteiger partial charge in [0.25, 0.3) is 0 Å². The number of hydrogen-bond donors (Lipinski definition) is 3. The first kappa shape index (κ1) is 11.1. The molecular formula is C11H18N4O. The van der Waals surface area contributed by atoms with E-state index in [0.717, 1.165) is 30.2 Å². The van der Waals surface area contributed by atoms with Crippen LogP contribution in [0.4, 0.5) is 5.69 Å². The first-order valence-electron chi connectivity index (χ1n) is 5.62. The molecule has 1 aliphatic rings. The first-order chi connectivity index (χ1) is 7.59. The zero-order valence-corrected chi connectivity index (χ0v) is 9.92. The zero-order chi connectivity index (χ0) is 11.7. The molecule has 1 aliphatic heterocycles. The molecule has 2 rings (SSSR count). The van der Waals surface area contributed by atoms with Crippen molar-refractivity contribution in [1.29, 1.82) is 0 Å². The van der Waals surface area contributed by atoms with Gasteiger partial charge in [-0.3, -0.25) is 9.89 Å². The highest BCUT2D eigenvalue weighted by Crippen LogP contribution is 2.21. The topological polar surface area (TPSA) is 69.8 Å². The molecule has 0 aliphatic carbocycles. The Labute approximate surface area is 95.0 Å². The van der Waals surface area contributed by atoms with Crippen LogP contribution in [0.2, 0.25) is 0 Å². The molecule has 0 bridgehead atoms. The second-order valence-electron chi connectivity index (χ2n) is 4.54. The summed E-state index contributed by atoms with van der Waals surface area (Å²) in [5.41, 5.74) is 2.57. The maximum absolute atomic E-state index is 12.0. The number of aromatic amines is 1. The molecule has 0 aromatic carbocycles. The Balaban J connectivity index is 2.07. The van der Waals surface area contributed by atoms with E-state index in [1.807, 2.05) is 13.8 Å². The van der Waals surface area contributed by atoms with E-state index in [1.54, 1.807) is 0 Å². The van der Waals surface area contributed by atoms with Crippen LogP contribution in [0, 0.1) is 25.7 Å². The summed E-state index contributed by atoms with van der Waals surface area (Å²) in [4.78, 5) is 12.0. The third-order valence-electron chi connectivity index (χ3n) is 3.23. The highest BCUT2D eigenvalue weighted by molar-refractivity contribution is 5.94. The van der Waals surface area contributed by atoms with Gasteiger partial charge in [0.2, 0.25) is 5.91 Å². The number of aromatic nitrogens is 2. The Hall–Kier alpha value is -1.36. The first-order valence-corrected chi connectivity index (χ1v) is 5.62. The van der Waals surface area contributed by atoms with Crippen LogP contribution in [0.25, 0.3) is 0 Å². The fourth-order valence-electron chi connectivity index (χ4n) is 2.11. The van der Waals surface area contributed by atoms with Gasteiger partial charge in [-0.2, -0.15) is 5.10 Å². The molecule has 1 aromatic rings. The molecular weight excluding hydrogens is 204 g/mol.